The van der Waals surface area contributed by atoms with Gasteiger partial charge >= 0.3 is 0 Å². The van der Waals surface area contributed by atoms with Crippen molar-refractivity contribution >= 4 is 27.3 Å². The highest BCUT2D eigenvalue weighted by Crippen LogP contribution is 2.03. The molecule has 0 unspecified atom stereocenters. The Balaban J connectivity index is 3.78. The second kappa shape index (κ2) is 5.47. The van der Waals surface area contributed by atoms with E-state index in [9.17, 15) is 0 Å². The molecule has 0 bridgehead atoms. The van der Waals surface area contributed by atoms with Gasteiger partial charge < -0.3 is 0 Å². The molecule has 78 valence electrons. The fraction of sp³-hybridized carbons (Fsp3) is 0. The van der Waals surface area contributed by atoms with Crippen molar-refractivity contribution in [3.63, 3.8) is 0 Å². The van der Waals surface area contributed by atoms with Crippen molar-refractivity contribution in [3.8, 4) is 12.1 Å². The molecule has 0 saturated carbocycles. The minimum absolute atomic E-state index is 0.0291. The Morgan fingerprint density at radius 1 is 1.12 bits per heavy atom. The van der Waals surface area contributed by atoms with Gasteiger partial charge in [0.25, 0.3) is 11.4 Å². The van der Waals surface area contributed by atoms with E-state index in [-0.39, 0.29) is 11.4 Å². The van der Waals surface area contributed by atoms with Crippen molar-refractivity contribution in [2.75, 3.05) is 0 Å². The first-order valence-electron chi connectivity index (χ1n) is 4.27. The van der Waals surface area contributed by atoms with Gasteiger partial charge in [-0.25, -0.2) is 20.2 Å². The summed E-state index contributed by atoms with van der Waals surface area (Å²) in [7, 11) is 0. The van der Waals surface area contributed by atoms with Crippen LogP contribution in [0.5, 0.6) is 0 Å². The van der Waals surface area contributed by atoms with Crippen LogP contribution in [-0.4, -0.2) is 0 Å². The predicted octanol–water partition coefficient (Wildman–Crippen LogP) is 1.55. The molecule has 0 atom stereocenters. The van der Waals surface area contributed by atoms with Crippen LogP contribution in [0, 0.1) is 35.8 Å². The van der Waals surface area contributed by atoms with E-state index < -0.39 is 0 Å². The van der Waals surface area contributed by atoms with Crippen LogP contribution in [0.15, 0.2) is 22.7 Å². The van der Waals surface area contributed by atoms with Crippen LogP contribution >= 0.6 is 15.9 Å². The van der Waals surface area contributed by atoms with E-state index in [1.807, 2.05) is 0 Å². The van der Waals surface area contributed by atoms with Gasteiger partial charge in [0.2, 0.25) is 0 Å². The molecule has 0 spiro atoms. The van der Waals surface area contributed by atoms with Crippen molar-refractivity contribution in [2.45, 2.75) is 0 Å². The molecule has 0 aliphatic heterocycles. The van der Waals surface area contributed by atoms with Crippen LogP contribution in [0.4, 0.5) is 0 Å². The Hall–Kier alpha value is -2.60. The number of halogens is 1. The summed E-state index contributed by atoms with van der Waals surface area (Å²) in [5.74, 6) is 0. The van der Waals surface area contributed by atoms with Crippen molar-refractivity contribution < 1.29 is 0 Å². The Labute approximate surface area is 106 Å². The highest BCUT2D eigenvalue weighted by atomic mass is 79.9. The summed E-state index contributed by atoms with van der Waals surface area (Å²) in [5.41, 5.74) is -0.0664. The number of hydrogen-bond acceptors (Lipinski definition) is 2. The van der Waals surface area contributed by atoms with Gasteiger partial charge in [-0.3, -0.25) is 0 Å². The van der Waals surface area contributed by atoms with Gasteiger partial charge in [-0.1, -0.05) is 34.1 Å². The van der Waals surface area contributed by atoms with Crippen LogP contribution in [0.3, 0.4) is 0 Å². The van der Waals surface area contributed by atoms with Crippen molar-refractivity contribution in [3.05, 3.63) is 55.9 Å². The fourth-order valence-electron chi connectivity index (χ4n) is 1.15. The average Bonchev–Trinajstić information content (AvgIpc) is 2.34. The third-order valence-corrected chi connectivity index (χ3v) is 2.59. The number of benzene rings is 1. The van der Waals surface area contributed by atoms with Crippen LogP contribution in [-0.2, 0) is 0 Å². The van der Waals surface area contributed by atoms with Gasteiger partial charge in [0.15, 0.2) is 0 Å². The standard InChI is InChI=1S/C12H3BrN4/c1-16-11(6-14)8-3-4-9(10(13)5-8)12(7-15)17-2/h3-5H/b11-8-,12-9-. The highest BCUT2D eigenvalue weighted by molar-refractivity contribution is 9.10. The molecular formula is C12H3BrN4. The lowest BCUT2D eigenvalue weighted by Crippen LogP contribution is -2.13. The number of nitriles is 2. The molecule has 1 aromatic carbocycles. The molecule has 4 nitrogen and oxygen atoms in total. The lowest BCUT2D eigenvalue weighted by Gasteiger charge is -1.94. The average molecular weight is 283 g/mol. The normalized spacial score (nSPS) is 12.3. The van der Waals surface area contributed by atoms with Gasteiger partial charge in [-0.05, 0) is 5.22 Å². The fourth-order valence-corrected chi connectivity index (χ4v) is 1.72. The van der Waals surface area contributed by atoms with Crippen LogP contribution in [0.2, 0.25) is 0 Å². The van der Waals surface area contributed by atoms with E-state index in [0.29, 0.717) is 14.9 Å². The van der Waals surface area contributed by atoms with Crippen LogP contribution in [0.25, 0.3) is 21.1 Å². The van der Waals surface area contributed by atoms with Gasteiger partial charge in [0.1, 0.15) is 0 Å². The summed E-state index contributed by atoms with van der Waals surface area (Å²) in [4.78, 5) is 6.18. The molecule has 1 aromatic rings. The van der Waals surface area contributed by atoms with E-state index in [1.54, 1.807) is 30.3 Å². The van der Waals surface area contributed by atoms with E-state index >= 15 is 0 Å². The molecule has 0 amide bonds. The van der Waals surface area contributed by atoms with Crippen LogP contribution < -0.4 is 10.4 Å². The second-order valence-corrected chi connectivity index (χ2v) is 3.69. The van der Waals surface area contributed by atoms with E-state index in [0.717, 1.165) is 0 Å². The maximum atomic E-state index is 8.75. The van der Waals surface area contributed by atoms with Gasteiger partial charge in [-0.15, -0.1) is 0 Å². The number of hydrogen-bond donors (Lipinski definition) is 0. The lowest BCUT2D eigenvalue weighted by molar-refractivity contribution is 1.45. The van der Waals surface area contributed by atoms with Crippen molar-refractivity contribution in [1.82, 2.24) is 0 Å². The molecule has 0 N–H and O–H groups in total. The summed E-state index contributed by atoms with van der Waals surface area (Å²) >= 11 is 3.22. The Bertz CT molecular complexity index is 716. The van der Waals surface area contributed by atoms with E-state index in [1.165, 1.54) is 0 Å². The minimum Gasteiger partial charge on any atom is -0.226 e. The first-order chi connectivity index (χ1) is 8.17. The maximum absolute atomic E-state index is 8.75. The zero-order valence-corrected chi connectivity index (χ0v) is 9.98. The monoisotopic (exact) mass is 282 g/mol. The number of nitrogens with zero attached hydrogens (tertiary/aromatic N) is 4. The molecule has 0 aliphatic carbocycles. The summed E-state index contributed by atoms with van der Waals surface area (Å²) in [6.45, 7) is 13.7. The Morgan fingerprint density at radius 3 is 2.12 bits per heavy atom. The number of rotatable bonds is 0. The smallest absolute Gasteiger partial charge is 0.226 e. The molecule has 0 aliphatic rings. The maximum Gasteiger partial charge on any atom is 0.270 e. The SMILES string of the molecule is [C-]#[N+]/C(C#N)=c1/cc/c(=C(\C#N)[N+]#[C-])c(Br)c1. The lowest BCUT2D eigenvalue weighted by atomic mass is 10.2. The highest BCUT2D eigenvalue weighted by Gasteiger charge is 2.01. The summed E-state index contributed by atoms with van der Waals surface area (Å²) < 4.78 is 0.513. The van der Waals surface area contributed by atoms with Crippen molar-refractivity contribution in [1.29, 1.82) is 10.5 Å². The quantitative estimate of drug-likeness (QED) is 0.678. The van der Waals surface area contributed by atoms with E-state index in [4.69, 9.17) is 23.7 Å². The first-order valence-corrected chi connectivity index (χ1v) is 5.06. The molecule has 5 heteroatoms. The molecule has 0 heterocycles. The molecular weight excluding hydrogens is 280 g/mol. The third kappa shape index (κ3) is 2.50. The molecule has 0 radical (unpaired) electrons. The summed E-state index contributed by atoms with van der Waals surface area (Å²) in [6.07, 6.45) is 0. The Morgan fingerprint density at radius 2 is 1.71 bits per heavy atom. The molecule has 1 rings (SSSR count). The molecule has 17 heavy (non-hydrogen) atoms. The first kappa shape index (κ1) is 12.5. The van der Waals surface area contributed by atoms with Gasteiger partial charge in [0.05, 0.1) is 25.3 Å². The zero-order valence-electron chi connectivity index (χ0n) is 8.40. The van der Waals surface area contributed by atoms with E-state index in [2.05, 4.69) is 25.6 Å². The van der Waals surface area contributed by atoms with Gasteiger partial charge in [-0.2, -0.15) is 0 Å². The molecule has 0 saturated heterocycles. The summed E-state index contributed by atoms with van der Waals surface area (Å²) in [6, 6.07) is 8.20. The van der Waals surface area contributed by atoms with Crippen LogP contribution in [0.1, 0.15) is 0 Å². The minimum atomic E-state index is -0.0373. The van der Waals surface area contributed by atoms with Gasteiger partial charge in [0, 0.05) is 9.69 Å². The third-order valence-electron chi connectivity index (χ3n) is 1.93. The topological polar surface area (TPSA) is 56.3 Å². The van der Waals surface area contributed by atoms with Crippen molar-refractivity contribution in [2.24, 2.45) is 0 Å². The largest absolute Gasteiger partial charge is 0.270 e. The zero-order chi connectivity index (χ0) is 12.8. The molecule has 0 aromatic heterocycles. The Kier molecular flexibility index (Phi) is 4.02. The second-order valence-electron chi connectivity index (χ2n) is 2.84. The predicted molar refractivity (Wildman–Crippen MR) is 64.6 cm³/mol. The molecule has 0 fully saturated rings. The summed E-state index contributed by atoms with van der Waals surface area (Å²) in [5, 5.41) is 18.4.